The summed E-state index contributed by atoms with van der Waals surface area (Å²) in [6.07, 6.45) is 21.3. The lowest BCUT2D eigenvalue weighted by molar-refractivity contribution is 0.0985. The lowest BCUT2D eigenvalue weighted by atomic mass is 9.93. The van der Waals surface area contributed by atoms with E-state index >= 15 is 0 Å². The number of anilines is 2. The lowest BCUT2D eigenvalue weighted by Crippen LogP contribution is -2.24. The van der Waals surface area contributed by atoms with Gasteiger partial charge in [0.1, 0.15) is 5.52 Å². The first-order valence-corrected chi connectivity index (χ1v) is 25.0. The van der Waals surface area contributed by atoms with Gasteiger partial charge in [-0.2, -0.15) is 15.3 Å². The van der Waals surface area contributed by atoms with E-state index in [2.05, 4.69) is 45.9 Å². The molecule has 2 saturated carbocycles. The number of primary amides is 3. The van der Waals surface area contributed by atoms with Gasteiger partial charge in [0.25, 0.3) is 17.7 Å². The summed E-state index contributed by atoms with van der Waals surface area (Å²) in [6.45, 7) is 0. The number of carbonyl (C=O) groups excluding carboxylic acids is 3. The third-order valence-electron chi connectivity index (χ3n) is 13.2. The van der Waals surface area contributed by atoms with Crippen molar-refractivity contribution in [3.63, 3.8) is 0 Å². The topological polar surface area (TPSA) is 318 Å². The number of amides is 3. The van der Waals surface area contributed by atoms with Crippen molar-refractivity contribution in [3.8, 4) is 22.8 Å². The summed E-state index contributed by atoms with van der Waals surface area (Å²) < 4.78 is 28.1. The Bertz CT molecular complexity index is 3280. The van der Waals surface area contributed by atoms with Crippen molar-refractivity contribution in [3.05, 3.63) is 70.1 Å². The molecule has 6 heterocycles. The van der Waals surface area contributed by atoms with Crippen LogP contribution >= 0.6 is 0 Å². The fourth-order valence-electron chi connectivity index (χ4n) is 9.90. The highest BCUT2D eigenvalue weighted by atomic mass is 32.2. The first-order chi connectivity index (χ1) is 33.0. The van der Waals surface area contributed by atoms with Crippen LogP contribution < -0.4 is 27.8 Å². The summed E-state index contributed by atoms with van der Waals surface area (Å²) in [4.78, 5) is 61.1. The standard InChI is InChI=1S/C17H22N6O.C17H20N6O.C12H13N5O3S.CH4/c2*1-23-15-12(14(22-23)16(18)24)8-7-10-9-19-17(21-13(10)15)20-11-5-3-2-4-6-11;1-17-10-7(9(16-17)11(13)18)4-3-6-5-14-12(15-8(6)10)21(2,19)20;/h9,11H,2-8H2,1H3,(H2,18,24)(H,19,20,21);7-9,11H,2-6H2,1H3,(H2,18,24)(H,19,20,21);5H,3-4H2,1-2H3,(H2,13,18);1H4. The zero-order chi connectivity index (χ0) is 48.7. The third kappa shape index (κ3) is 9.74. The molecule has 2 fully saturated rings. The van der Waals surface area contributed by atoms with Crippen molar-refractivity contribution in [2.24, 2.45) is 38.3 Å². The molecule has 3 amide bonds. The Hall–Kier alpha value is -7.43. The highest BCUT2D eigenvalue weighted by Gasteiger charge is 2.30. The van der Waals surface area contributed by atoms with Gasteiger partial charge >= 0.3 is 0 Å². The molecule has 8 N–H and O–H groups in total. The maximum Gasteiger partial charge on any atom is 0.269 e. The number of aryl methyl sites for hydroxylation is 5. The van der Waals surface area contributed by atoms with E-state index in [0.29, 0.717) is 59.5 Å². The van der Waals surface area contributed by atoms with Crippen LogP contribution in [0.3, 0.4) is 0 Å². The molecule has 0 atom stereocenters. The second-order valence-corrected chi connectivity index (χ2v) is 20.0. The number of sulfone groups is 1. The summed E-state index contributed by atoms with van der Waals surface area (Å²) in [6, 6.07) is 4.63. The molecule has 0 spiro atoms. The van der Waals surface area contributed by atoms with Crippen LogP contribution in [0.5, 0.6) is 0 Å². The molecule has 6 aromatic heterocycles. The smallest absolute Gasteiger partial charge is 0.269 e. The SMILES string of the molecule is C.Cn1nc(C(N)=O)c2c1-c1nc(NC3CCCCC3)ncc1CC2.Cn1nc(C(N)=O)c2c1-c1nc(S(C)(=O)=O)ncc1CC2.Cn1nc(C(N)=O)c2ccc3cnc(NC4CCCCC4)nc3c21. The number of nitrogens with two attached hydrogens (primary N) is 3. The summed E-state index contributed by atoms with van der Waals surface area (Å²) in [5, 5.41) is 21.0. The Kier molecular flexibility index (Phi) is 13.9. The number of nitrogens with zero attached hydrogens (tertiary/aromatic N) is 12. The Morgan fingerprint density at radius 3 is 1.59 bits per heavy atom. The Morgan fingerprint density at radius 1 is 0.600 bits per heavy atom. The van der Waals surface area contributed by atoms with Gasteiger partial charge in [0.05, 0.1) is 28.3 Å². The average Bonchev–Trinajstić information content (AvgIpc) is 4.00. The molecule has 4 aliphatic rings. The van der Waals surface area contributed by atoms with Crippen molar-refractivity contribution in [1.82, 2.24) is 59.2 Å². The minimum Gasteiger partial charge on any atom is -0.364 e. The zero-order valence-corrected chi connectivity index (χ0v) is 39.8. The lowest BCUT2D eigenvalue weighted by Gasteiger charge is -2.23. The van der Waals surface area contributed by atoms with Crippen molar-refractivity contribution in [2.75, 3.05) is 16.9 Å². The summed E-state index contributed by atoms with van der Waals surface area (Å²) in [7, 11) is 1.79. The van der Waals surface area contributed by atoms with Gasteiger partial charge < -0.3 is 27.8 Å². The van der Waals surface area contributed by atoms with Crippen LogP contribution in [0.1, 0.15) is 125 Å². The van der Waals surface area contributed by atoms with Crippen LogP contribution in [0.4, 0.5) is 11.9 Å². The first-order valence-electron chi connectivity index (χ1n) is 23.1. The fourth-order valence-corrected chi connectivity index (χ4v) is 10.4. The van der Waals surface area contributed by atoms with Gasteiger partial charge in [0, 0.05) is 80.0 Å². The molecule has 0 unspecified atom stereocenters. The highest BCUT2D eigenvalue weighted by molar-refractivity contribution is 7.90. The van der Waals surface area contributed by atoms with Gasteiger partial charge in [-0.3, -0.25) is 28.4 Å². The molecule has 0 aliphatic heterocycles. The molecule has 11 rings (SSSR count). The molecule has 0 saturated heterocycles. The van der Waals surface area contributed by atoms with Gasteiger partial charge in [0.15, 0.2) is 17.1 Å². The van der Waals surface area contributed by atoms with E-state index in [-0.39, 0.29) is 24.0 Å². The van der Waals surface area contributed by atoms with Gasteiger partial charge in [-0.05, 0) is 68.6 Å². The van der Waals surface area contributed by atoms with Gasteiger partial charge in [-0.25, -0.2) is 38.3 Å². The maximum absolute atomic E-state index is 11.6. The van der Waals surface area contributed by atoms with E-state index in [1.54, 1.807) is 23.5 Å². The number of nitrogens with one attached hydrogen (secondary N) is 2. The quantitative estimate of drug-likeness (QED) is 0.133. The third-order valence-corrected chi connectivity index (χ3v) is 14.1. The summed E-state index contributed by atoms with van der Waals surface area (Å²) >= 11 is 0. The predicted molar refractivity (Wildman–Crippen MR) is 263 cm³/mol. The molecule has 23 heteroatoms. The highest BCUT2D eigenvalue weighted by Crippen LogP contribution is 2.36. The molecule has 0 bridgehead atoms. The minimum absolute atomic E-state index is 0. The Morgan fingerprint density at radius 2 is 1.07 bits per heavy atom. The summed E-state index contributed by atoms with van der Waals surface area (Å²) in [5.41, 5.74) is 25.0. The number of hydrogen-bond acceptors (Lipinski definition) is 16. The van der Waals surface area contributed by atoms with Crippen molar-refractivity contribution in [1.29, 1.82) is 0 Å². The molecule has 368 valence electrons. The van der Waals surface area contributed by atoms with Crippen molar-refractivity contribution in [2.45, 2.75) is 115 Å². The van der Waals surface area contributed by atoms with E-state index < -0.39 is 27.6 Å². The number of rotatable bonds is 8. The van der Waals surface area contributed by atoms with Crippen molar-refractivity contribution < 1.29 is 22.8 Å². The molecule has 70 heavy (non-hydrogen) atoms. The fraction of sp³-hybridized carbons (Fsp3) is 0.447. The second kappa shape index (κ2) is 19.9. The number of hydrogen-bond donors (Lipinski definition) is 5. The van der Waals surface area contributed by atoms with Gasteiger partial charge in [-0.15, -0.1) is 0 Å². The number of aromatic nitrogens is 12. The molecule has 4 aliphatic carbocycles. The predicted octanol–water partition coefficient (Wildman–Crippen LogP) is 4.29. The largest absolute Gasteiger partial charge is 0.364 e. The molecule has 0 radical (unpaired) electrons. The molecular weight excluding hydrogens is 915 g/mol. The van der Waals surface area contributed by atoms with Crippen LogP contribution in [0.2, 0.25) is 0 Å². The van der Waals surface area contributed by atoms with Crippen LogP contribution in [0.15, 0.2) is 35.9 Å². The zero-order valence-electron chi connectivity index (χ0n) is 39.0. The Labute approximate surface area is 404 Å². The van der Waals surface area contributed by atoms with Crippen LogP contribution in [0.25, 0.3) is 44.6 Å². The van der Waals surface area contributed by atoms with E-state index in [1.807, 2.05) is 31.6 Å². The average molecular weight is 974 g/mol. The van der Waals surface area contributed by atoms with E-state index in [4.69, 9.17) is 27.2 Å². The van der Waals surface area contributed by atoms with E-state index in [0.717, 1.165) is 81.8 Å². The number of fused-ring (bicyclic) bond motifs is 9. The number of benzene rings is 1. The normalized spacial score (nSPS) is 15.4. The minimum atomic E-state index is -3.50. The van der Waals surface area contributed by atoms with Gasteiger partial charge in [-0.1, -0.05) is 52.0 Å². The molecule has 1 aromatic carbocycles. The molecule has 7 aromatic rings. The van der Waals surface area contributed by atoms with Crippen LogP contribution in [-0.2, 0) is 56.7 Å². The first kappa shape index (κ1) is 49.0. The van der Waals surface area contributed by atoms with E-state index in [9.17, 15) is 22.8 Å². The van der Waals surface area contributed by atoms with Crippen LogP contribution in [-0.4, -0.2) is 104 Å². The molecular formula is C47H59N17O5S. The van der Waals surface area contributed by atoms with Crippen molar-refractivity contribution >= 4 is 61.3 Å². The second-order valence-electron chi connectivity index (χ2n) is 18.1. The Balaban J connectivity index is 0.000000141. The monoisotopic (exact) mass is 973 g/mol. The van der Waals surface area contributed by atoms with Crippen LogP contribution in [0, 0.1) is 0 Å². The van der Waals surface area contributed by atoms with Gasteiger partial charge in [0.2, 0.25) is 26.9 Å². The maximum atomic E-state index is 11.6. The summed E-state index contributed by atoms with van der Waals surface area (Å²) in [5.74, 6) is -0.328. The number of carbonyl (C=O) groups is 3. The molecule has 22 nitrogen and oxygen atoms in total. The van der Waals surface area contributed by atoms with E-state index in [1.165, 1.54) is 62.2 Å².